The predicted molar refractivity (Wildman–Crippen MR) is 47.0 cm³/mol. The van der Waals surface area contributed by atoms with Crippen molar-refractivity contribution in [1.82, 2.24) is 15.0 Å². The zero-order chi connectivity index (χ0) is 10.7. The SMILES string of the molecule is O=C(O)C1COCCN1Cc1ncno1. The maximum Gasteiger partial charge on any atom is 0.323 e. The molecular weight excluding hydrogens is 202 g/mol. The van der Waals surface area contributed by atoms with Crippen molar-refractivity contribution in [3.63, 3.8) is 0 Å². The van der Waals surface area contributed by atoms with E-state index in [1.54, 1.807) is 4.90 Å². The molecule has 1 aromatic heterocycles. The Morgan fingerprint density at radius 2 is 2.60 bits per heavy atom. The first-order valence-corrected chi connectivity index (χ1v) is 4.57. The molecule has 1 aliphatic heterocycles. The zero-order valence-electron chi connectivity index (χ0n) is 8.00. The maximum absolute atomic E-state index is 10.9. The molecule has 1 aliphatic rings. The molecule has 0 saturated carbocycles. The van der Waals surface area contributed by atoms with Crippen LogP contribution in [0.3, 0.4) is 0 Å². The summed E-state index contributed by atoms with van der Waals surface area (Å²) in [5.74, 6) is -0.475. The van der Waals surface area contributed by atoms with Crippen molar-refractivity contribution < 1.29 is 19.2 Å². The van der Waals surface area contributed by atoms with Crippen molar-refractivity contribution in [3.8, 4) is 0 Å². The second-order valence-electron chi connectivity index (χ2n) is 3.23. The molecule has 82 valence electrons. The monoisotopic (exact) mass is 213 g/mol. The predicted octanol–water partition coefficient (Wildman–Crippen LogP) is -0.645. The van der Waals surface area contributed by atoms with E-state index in [0.29, 0.717) is 25.6 Å². The van der Waals surface area contributed by atoms with Gasteiger partial charge in [0.1, 0.15) is 6.04 Å². The smallest absolute Gasteiger partial charge is 0.323 e. The lowest BCUT2D eigenvalue weighted by Crippen LogP contribution is -2.49. The van der Waals surface area contributed by atoms with E-state index < -0.39 is 12.0 Å². The van der Waals surface area contributed by atoms with Crippen LogP contribution in [0.1, 0.15) is 5.89 Å². The average molecular weight is 213 g/mol. The van der Waals surface area contributed by atoms with E-state index in [1.165, 1.54) is 6.33 Å². The summed E-state index contributed by atoms with van der Waals surface area (Å²) in [5, 5.41) is 12.4. The molecule has 0 aromatic carbocycles. The van der Waals surface area contributed by atoms with Crippen LogP contribution in [0.4, 0.5) is 0 Å². The van der Waals surface area contributed by atoms with Crippen molar-refractivity contribution in [3.05, 3.63) is 12.2 Å². The fraction of sp³-hybridized carbons (Fsp3) is 0.625. The molecule has 1 atom stereocenters. The summed E-state index contributed by atoms with van der Waals surface area (Å²) in [6.07, 6.45) is 1.30. The lowest BCUT2D eigenvalue weighted by atomic mass is 10.2. The maximum atomic E-state index is 10.9. The summed E-state index contributed by atoms with van der Waals surface area (Å²) in [5.41, 5.74) is 0. The van der Waals surface area contributed by atoms with Crippen LogP contribution in [-0.2, 0) is 16.1 Å². The summed E-state index contributed by atoms with van der Waals surface area (Å²) in [4.78, 5) is 16.5. The van der Waals surface area contributed by atoms with E-state index in [0.717, 1.165) is 0 Å². The van der Waals surface area contributed by atoms with Crippen LogP contribution in [0, 0.1) is 0 Å². The van der Waals surface area contributed by atoms with Gasteiger partial charge >= 0.3 is 5.97 Å². The molecule has 15 heavy (non-hydrogen) atoms. The highest BCUT2D eigenvalue weighted by molar-refractivity contribution is 5.73. The molecule has 1 fully saturated rings. The molecule has 7 nitrogen and oxygen atoms in total. The second-order valence-corrected chi connectivity index (χ2v) is 3.23. The number of carboxylic acid groups (broad SMARTS) is 1. The highest BCUT2D eigenvalue weighted by atomic mass is 16.5. The largest absolute Gasteiger partial charge is 0.480 e. The third-order valence-electron chi connectivity index (χ3n) is 2.27. The zero-order valence-corrected chi connectivity index (χ0v) is 8.00. The molecule has 1 N–H and O–H groups in total. The van der Waals surface area contributed by atoms with Gasteiger partial charge in [0.05, 0.1) is 19.8 Å². The van der Waals surface area contributed by atoms with Crippen molar-refractivity contribution in [1.29, 1.82) is 0 Å². The van der Waals surface area contributed by atoms with Crippen LogP contribution in [0.5, 0.6) is 0 Å². The van der Waals surface area contributed by atoms with Crippen LogP contribution in [0.2, 0.25) is 0 Å². The summed E-state index contributed by atoms with van der Waals surface area (Å²) in [6.45, 7) is 1.63. The fourth-order valence-corrected chi connectivity index (χ4v) is 1.49. The minimum absolute atomic E-state index is 0.198. The molecule has 0 bridgehead atoms. The number of carboxylic acids is 1. The Balaban J connectivity index is 2.02. The normalized spacial score (nSPS) is 22.8. The van der Waals surface area contributed by atoms with Gasteiger partial charge in [-0.05, 0) is 0 Å². The minimum Gasteiger partial charge on any atom is -0.480 e. The van der Waals surface area contributed by atoms with Gasteiger partial charge in [-0.2, -0.15) is 4.98 Å². The standard InChI is InChI=1S/C8H11N3O4/c12-8(13)6-4-14-2-1-11(6)3-7-9-5-10-15-7/h5-6H,1-4H2,(H,12,13). The number of morpholine rings is 1. The molecule has 1 aromatic rings. The third-order valence-corrected chi connectivity index (χ3v) is 2.27. The van der Waals surface area contributed by atoms with E-state index in [2.05, 4.69) is 10.1 Å². The van der Waals surface area contributed by atoms with Gasteiger partial charge in [0, 0.05) is 6.54 Å². The van der Waals surface area contributed by atoms with Crippen LogP contribution in [-0.4, -0.2) is 51.9 Å². The number of hydrogen-bond donors (Lipinski definition) is 1. The van der Waals surface area contributed by atoms with Crippen molar-refractivity contribution in [2.75, 3.05) is 19.8 Å². The van der Waals surface area contributed by atoms with Gasteiger partial charge < -0.3 is 14.4 Å². The Morgan fingerprint density at radius 3 is 3.27 bits per heavy atom. The third kappa shape index (κ3) is 2.31. The minimum atomic E-state index is -0.894. The molecule has 2 heterocycles. The molecule has 7 heteroatoms. The van der Waals surface area contributed by atoms with Gasteiger partial charge in [-0.25, -0.2) is 0 Å². The van der Waals surface area contributed by atoms with Gasteiger partial charge in [0.2, 0.25) is 5.89 Å². The van der Waals surface area contributed by atoms with Crippen LogP contribution < -0.4 is 0 Å². The number of aliphatic carboxylic acids is 1. The molecule has 0 radical (unpaired) electrons. The van der Waals surface area contributed by atoms with Crippen LogP contribution in [0.15, 0.2) is 10.9 Å². The topological polar surface area (TPSA) is 88.7 Å². The average Bonchev–Trinajstić information content (AvgIpc) is 2.71. The van der Waals surface area contributed by atoms with Gasteiger partial charge in [-0.15, -0.1) is 0 Å². The second kappa shape index (κ2) is 4.37. The Hall–Kier alpha value is -1.47. The quantitative estimate of drug-likeness (QED) is 0.713. The Kier molecular flexibility index (Phi) is 2.93. The van der Waals surface area contributed by atoms with Gasteiger partial charge in [-0.1, -0.05) is 5.16 Å². The first kappa shape index (κ1) is 10.1. The number of hydrogen-bond acceptors (Lipinski definition) is 6. The van der Waals surface area contributed by atoms with E-state index in [-0.39, 0.29) is 6.61 Å². The van der Waals surface area contributed by atoms with Crippen molar-refractivity contribution in [2.24, 2.45) is 0 Å². The Labute approximate surface area is 85.6 Å². The molecule has 0 amide bonds. The van der Waals surface area contributed by atoms with E-state index in [1.807, 2.05) is 0 Å². The first-order chi connectivity index (χ1) is 7.27. The molecule has 1 saturated heterocycles. The van der Waals surface area contributed by atoms with Crippen molar-refractivity contribution in [2.45, 2.75) is 12.6 Å². The van der Waals surface area contributed by atoms with Gasteiger partial charge in [-0.3, -0.25) is 9.69 Å². The van der Waals surface area contributed by atoms with E-state index in [9.17, 15) is 4.79 Å². The Morgan fingerprint density at radius 1 is 1.73 bits per heavy atom. The van der Waals surface area contributed by atoms with Crippen LogP contribution >= 0.6 is 0 Å². The molecule has 1 unspecified atom stereocenters. The highest BCUT2D eigenvalue weighted by Gasteiger charge is 2.30. The summed E-state index contributed by atoms with van der Waals surface area (Å²) >= 11 is 0. The molecule has 2 rings (SSSR count). The lowest BCUT2D eigenvalue weighted by Gasteiger charge is -2.31. The Bertz CT molecular complexity index is 327. The lowest BCUT2D eigenvalue weighted by molar-refractivity contribution is -0.150. The summed E-state index contributed by atoms with van der Waals surface area (Å²) in [6, 6.07) is -0.634. The number of rotatable bonds is 3. The molecular formula is C8H11N3O4. The number of carbonyl (C=O) groups is 1. The summed E-state index contributed by atoms with van der Waals surface area (Å²) in [7, 11) is 0. The number of aromatic nitrogens is 2. The molecule has 0 aliphatic carbocycles. The first-order valence-electron chi connectivity index (χ1n) is 4.57. The van der Waals surface area contributed by atoms with Crippen molar-refractivity contribution >= 4 is 5.97 Å². The van der Waals surface area contributed by atoms with E-state index in [4.69, 9.17) is 14.4 Å². The number of nitrogens with zero attached hydrogens (tertiary/aromatic N) is 3. The molecule has 0 spiro atoms. The fourth-order valence-electron chi connectivity index (χ4n) is 1.49. The van der Waals surface area contributed by atoms with Gasteiger partial charge in [0.15, 0.2) is 6.33 Å². The summed E-state index contributed by atoms with van der Waals surface area (Å²) < 4.78 is 9.93. The van der Waals surface area contributed by atoms with E-state index >= 15 is 0 Å². The highest BCUT2D eigenvalue weighted by Crippen LogP contribution is 2.10. The van der Waals surface area contributed by atoms with Crippen LogP contribution in [0.25, 0.3) is 0 Å². The number of ether oxygens (including phenoxy) is 1. The van der Waals surface area contributed by atoms with Gasteiger partial charge in [0.25, 0.3) is 0 Å².